The van der Waals surface area contributed by atoms with Gasteiger partial charge in [-0.3, -0.25) is 23.9 Å². The van der Waals surface area contributed by atoms with Crippen molar-refractivity contribution in [3.63, 3.8) is 0 Å². The molecule has 142 valence electrons. The number of rotatable bonds is 6. The fourth-order valence-corrected chi connectivity index (χ4v) is 4.04. The fraction of sp³-hybridized carbons (Fsp3) is 0.211. The fourth-order valence-electron chi connectivity index (χ4n) is 3.16. The van der Waals surface area contributed by atoms with Crippen molar-refractivity contribution in [3.05, 3.63) is 74.6 Å². The highest BCUT2D eigenvalue weighted by Crippen LogP contribution is 2.26. The Hall–Kier alpha value is -3.20. The Morgan fingerprint density at radius 2 is 1.96 bits per heavy atom. The Bertz CT molecular complexity index is 1250. The lowest BCUT2D eigenvalue weighted by Crippen LogP contribution is -2.23. The molecular formula is C19H17N5O3S. The molecule has 0 N–H and O–H groups in total. The lowest BCUT2D eigenvalue weighted by Gasteiger charge is -2.10. The first-order valence-electron chi connectivity index (χ1n) is 8.83. The molecule has 0 aliphatic rings. The van der Waals surface area contributed by atoms with Crippen molar-refractivity contribution < 1.29 is 4.92 Å². The Balaban J connectivity index is 1.79. The number of aryl methyl sites for hydroxylation is 1. The number of nitro groups is 1. The van der Waals surface area contributed by atoms with Crippen LogP contribution in [0.15, 0.2) is 58.5 Å². The molecule has 0 atom stereocenters. The van der Waals surface area contributed by atoms with Crippen LogP contribution in [0.3, 0.4) is 0 Å². The van der Waals surface area contributed by atoms with Gasteiger partial charge in [0, 0.05) is 24.4 Å². The summed E-state index contributed by atoms with van der Waals surface area (Å²) in [6.45, 7) is 2.56. The van der Waals surface area contributed by atoms with Crippen molar-refractivity contribution in [2.45, 2.75) is 30.8 Å². The molecule has 2 aromatic heterocycles. The van der Waals surface area contributed by atoms with Gasteiger partial charge in [0.15, 0.2) is 5.16 Å². The molecule has 4 rings (SSSR count). The maximum absolute atomic E-state index is 12.8. The zero-order valence-corrected chi connectivity index (χ0v) is 15.9. The van der Waals surface area contributed by atoms with E-state index in [0.29, 0.717) is 28.6 Å². The Morgan fingerprint density at radius 1 is 1.14 bits per heavy atom. The summed E-state index contributed by atoms with van der Waals surface area (Å²) in [5.74, 6) is 1.01. The van der Waals surface area contributed by atoms with Crippen LogP contribution >= 0.6 is 11.8 Å². The van der Waals surface area contributed by atoms with Gasteiger partial charge in [0.25, 0.3) is 11.2 Å². The van der Waals surface area contributed by atoms with Crippen molar-refractivity contribution >= 4 is 34.1 Å². The number of hydrogen-bond donors (Lipinski definition) is 0. The first-order chi connectivity index (χ1) is 13.6. The molecular weight excluding hydrogens is 378 g/mol. The normalized spacial score (nSPS) is 11.3. The third-order valence-electron chi connectivity index (χ3n) is 4.41. The lowest BCUT2D eigenvalue weighted by molar-refractivity contribution is -0.384. The molecule has 0 radical (unpaired) electrons. The molecule has 28 heavy (non-hydrogen) atoms. The van der Waals surface area contributed by atoms with Gasteiger partial charge in [-0.2, -0.15) is 0 Å². The maximum atomic E-state index is 12.8. The highest BCUT2D eigenvalue weighted by atomic mass is 32.2. The van der Waals surface area contributed by atoms with Crippen molar-refractivity contribution in [1.29, 1.82) is 0 Å². The molecule has 0 fully saturated rings. The van der Waals surface area contributed by atoms with Crippen LogP contribution < -0.4 is 5.56 Å². The van der Waals surface area contributed by atoms with E-state index in [1.165, 1.54) is 17.8 Å². The molecule has 8 nitrogen and oxygen atoms in total. The summed E-state index contributed by atoms with van der Waals surface area (Å²) in [4.78, 5) is 23.4. The van der Waals surface area contributed by atoms with Gasteiger partial charge in [-0.15, -0.1) is 10.2 Å². The van der Waals surface area contributed by atoms with Crippen LogP contribution in [0, 0.1) is 10.1 Å². The topological polar surface area (TPSA) is 95.3 Å². The number of nitrogens with zero attached hydrogens (tertiary/aromatic N) is 5. The number of nitro benzene ring substituents is 1. The van der Waals surface area contributed by atoms with Gasteiger partial charge in [0.2, 0.25) is 5.78 Å². The van der Waals surface area contributed by atoms with Crippen LogP contribution in [-0.2, 0) is 12.3 Å². The van der Waals surface area contributed by atoms with Gasteiger partial charge < -0.3 is 0 Å². The second kappa shape index (κ2) is 7.43. The average Bonchev–Trinajstić information content (AvgIpc) is 3.14. The first kappa shape index (κ1) is 18.2. The lowest BCUT2D eigenvalue weighted by atomic mass is 10.2. The van der Waals surface area contributed by atoms with Crippen molar-refractivity contribution in [2.24, 2.45) is 0 Å². The second-order valence-electron chi connectivity index (χ2n) is 6.31. The van der Waals surface area contributed by atoms with E-state index >= 15 is 0 Å². The molecule has 0 spiro atoms. The highest BCUT2D eigenvalue weighted by molar-refractivity contribution is 7.98. The van der Waals surface area contributed by atoms with Gasteiger partial charge in [0.05, 0.1) is 15.8 Å². The van der Waals surface area contributed by atoms with E-state index in [1.54, 1.807) is 22.8 Å². The molecule has 2 aromatic carbocycles. The van der Waals surface area contributed by atoms with Crippen molar-refractivity contribution in [1.82, 2.24) is 19.2 Å². The summed E-state index contributed by atoms with van der Waals surface area (Å²) in [7, 11) is 0. The van der Waals surface area contributed by atoms with E-state index in [9.17, 15) is 14.9 Å². The Kier molecular flexibility index (Phi) is 4.82. The molecule has 0 amide bonds. The zero-order chi connectivity index (χ0) is 19.7. The summed E-state index contributed by atoms with van der Waals surface area (Å²) in [5, 5.41) is 20.8. The average molecular weight is 395 g/mol. The van der Waals surface area contributed by atoms with Crippen LogP contribution in [0.5, 0.6) is 0 Å². The van der Waals surface area contributed by atoms with Crippen molar-refractivity contribution in [2.75, 3.05) is 0 Å². The monoisotopic (exact) mass is 395 g/mol. The number of non-ortho nitro benzene ring substituents is 1. The summed E-state index contributed by atoms with van der Waals surface area (Å²) in [6, 6.07) is 13.9. The Morgan fingerprint density at radius 3 is 2.75 bits per heavy atom. The zero-order valence-electron chi connectivity index (χ0n) is 15.1. The third kappa shape index (κ3) is 3.13. The predicted octanol–water partition coefficient (Wildman–Crippen LogP) is 3.65. The summed E-state index contributed by atoms with van der Waals surface area (Å²) in [6.07, 6.45) is 0.803. The van der Waals surface area contributed by atoms with Crippen LogP contribution in [0.2, 0.25) is 0 Å². The molecule has 4 aromatic rings. The number of hydrogen-bond acceptors (Lipinski definition) is 6. The number of para-hydroxylation sites is 1. The number of thioether (sulfide) groups is 1. The third-order valence-corrected chi connectivity index (χ3v) is 5.41. The maximum Gasteiger partial charge on any atom is 0.269 e. The highest BCUT2D eigenvalue weighted by Gasteiger charge is 2.16. The van der Waals surface area contributed by atoms with Gasteiger partial charge in [-0.1, -0.05) is 43.0 Å². The minimum atomic E-state index is -0.405. The summed E-state index contributed by atoms with van der Waals surface area (Å²) >= 11 is 1.43. The van der Waals surface area contributed by atoms with E-state index in [1.807, 2.05) is 35.6 Å². The van der Waals surface area contributed by atoms with Gasteiger partial charge in [0.1, 0.15) is 0 Å². The SMILES string of the molecule is CCCn1c(=O)c2ccccc2n2c(SCc3cccc([N+](=O)[O-])c3)nnc12. The van der Waals surface area contributed by atoms with E-state index in [-0.39, 0.29) is 11.2 Å². The standard InChI is InChI=1S/C19H17N5O3S/c1-2-10-22-17(25)15-8-3-4-9-16(15)23-18(22)20-21-19(23)28-12-13-6-5-7-14(11-13)24(26)27/h3-9,11H,2,10,12H2,1H3. The molecule has 0 unspecified atom stereocenters. The van der Waals surface area contributed by atoms with Crippen LogP contribution in [0.1, 0.15) is 18.9 Å². The van der Waals surface area contributed by atoms with E-state index in [4.69, 9.17) is 0 Å². The molecule has 0 aliphatic heterocycles. The van der Waals surface area contributed by atoms with E-state index in [2.05, 4.69) is 10.2 Å². The number of benzene rings is 2. The quantitative estimate of drug-likeness (QED) is 0.281. The van der Waals surface area contributed by atoms with E-state index < -0.39 is 4.92 Å². The number of aromatic nitrogens is 4. The minimum Gasteiger partial charge on any atom is -0.276 e. The van der Waals surface area contributed by atoms with Crippen LogP contribution in [0.4, 0.5) is 5.69 Å². The van der Waals surface area contributed by atoms with Crippen molar-refractivity contribution in [3.8, 4) is 0 Å². The van der Waals surface area contributed by atoms with Gasteiger partial charge >= 0.3 is 0 Å². The minimum absolute atomic E-state index is 0.0615. The van der Waals surface area contributed by atoms with Crippen LogP contribution in [-0.4, -0.2) is 24.1 Å². The molecule has 0 saturated carbocycles. The second-order valence-corrected chi connectivity index (χ2v) is 7.25. The molecule has 0 bridgehead atoms. The number of fused-ring (bicyclic) bond motifs is 3. The molecule has 2 heterocycles. The first-order valence-corrected chi connectivity index (χ1v) is 9.81. The summed E-state index contributed by atoms with van der Waals surface area (Å²) in [5.41, 5.74) is 1.56. The van der Waals surface area contributed by atoms with E-state index in [0.717, 1.165) is 17.5 Å². The predicted molar refractivity (Wildman–Crippen MR) is 108 cm³/mol. The largest absolute Gasteiger partial charge is 0.276 e. The Labute approximate surface area is 164 Å². The van der Waals surface area contributed by atoms with Gasteiger partial charge in [-0.25, -0.2) is 0 Å². The molecule has 9 heteroatoms. The van der Waals surface area contributed by atoms with Crippen LogP contribution in [0.25, 0.3) is 16.7 Å². The van der Waals surface area contributed by atoms with Gasteiger partial charge in [-0.05, 0) is 24.1 Å². The molecule has 0 aliphatic carbocycles. The summed E-state index contributed by atoms with van der Waals surface area (Å²) < 4.78 is 3.53. The molecule has 0 saturated heterocycles. The smallest absolute Gasteiger partial charge is 0.269 e.